The van der Waals surface area contributed by atoms with Gasteiger partial charge in [0, 0.05) is 5.92 Å². The fourth-order valence-electron chi connectivity index (χ4n) is 1.39. The van der Waals surface area contributed by atoms with Crippen LogP contribution in [0.3, 0.4) is 0 Å². The molecule has 0 fully saturated rings. The summed E-state index contributed by atoms with van der Waals surface area (Å²) in [7, 11) is 0. The van der Waals surface area contributed by atoms with E-state index in [2.05, 4.69) is 18.2 Å². The van der Waals surface area contributed by atoms with Gasteiger partial charge < -0.3 is 5.41 Å². The molecule has 0 saturated carbocycles. The highest BCUT2D eigenvalue weighted by Gasteiger charge is 2.04. The molecule has 1 atom stereocenters. The van der Waals surface area contributed by atoms with Gasteiger partial charge in [0.1, 0.15) is 0 Å². The molecular formula is C12H15N. The minimum Gasteiger partial charge on any atom is -0.313 e. The average Bonchev–Trinajstić information content (AvgIpc) is 2.19. The Hall–Kier alpha value is -1.37. The summed E-state index contributed by atoms with van der Waals surface area (Å²) in [6.07, 6.45) is 6.44. The lowest BCUT2D eigenvalue weighted by Gasteiger charge is -2.09. The van der Waals surface area contributed by atoms with E-state index in [1.807, 2.05) is 31.2 Å². The first kappa shape index (κ1) is 9.72. The van der Waals surface area contributed by atoms with Gasteiger partial charge in [0.15, 0.2) is 0 Å². The molecule has 0 aliphatic rings. The van der Waals surface area contributed by atoms with Crippen molar-refractivity contribution in [2.24, 2.45) is 0 Å². The van der Waals surface area contributed by atoms with Crippen LogP contribution >= 0.6 is 0 Å². The Labute approximate surface area is 79.6 Å². The molecule has 0 aliphatic heterocycles. The smallest absolute Gasteiger partial charge is 0.00670 e. The molecule has 1 rings (SSSR count). The number of hydrogen-bond acceptors (Lipinski definition) is 1. The van der Waals surface area contributed by atoms with Gasteiger partial charge in [-0.1, -0.05) is 42.5 Å². The van der Waals surface area contributed by atoms with Crippen LogP contribution in [0.15, 0.2) is 42.5 Å². The maximum atomic E-state index is 7.10. The third-order valence-electron chi connectivity index (χ3n) is 2.02. The van der Waals surface area contributed by atoms with Crippen LogP contribution in [0.2, 0.25) is 0 Å². The zero-order chi connectivity index (χ0) is 9.52. The van der Waals surface area contributed by atoms with Crippen molar-refractivity contribution in [3.05, 3.63) is 48.0 Å². The second-order valence-electron chi connectivity index (χ2n) is 2.98. The molecule has 0 aliphatic carbocycles. The quantitative estimate of drug-likeness (QED) is 0.533. The molecule has 1 unspecified atom stereocenters. The molecule has 0 aromatic heterocycles. The first-order chi connectivity index (χ1) is 6.38. The van der Waals surface area contributed by atoms with Gasteiger partial charge in [-0.2, -0.15) is 0 Å². The van der Waals surface area contributed by atoms with Crippen LogP contribution in [0.4, 0.5) is 0 Å². The molecule has 0 heterocycles. The van der Waals surface area contributed by atoms with Crippen molar-refractivity contribution < 1.29 is 0 Å². The number of rotatable bonds is 4. The molecule has 0 radical (unpaired) electrons. The van der Waals surface area contributed by atoms with E-state index in [9.17, 15) is 0 Å². The summed E-state index contributed by atoms with van der Waals surface area (Å²) in [4.78, 5) is 0. The summed E-state index contributed by atoms with van der Waals surface area (Å²) < 4.78 is 0. The molecule has 1 nitrogen and oxygen atoms in total. The summed E-state index contributed by atoms with van der Waals surface area (Å²) in [5.41, 5.74) is 1.28. The maximum Gasteiger partial charge on any atom is 0.00670 e. The molecule has 0 spiro atoms. The molecule has 0 amide bonds. The van der Waals surface area contributed by atoms with E-state index in [4.69, 9.17) is 5.41 Å². The fourth-order valence-corrected chi connectivity index (χ4v) is 1.39. The fraction of sp³-hybridized carbons (Fsp3) is 0.250. The van der Waals surface area contributed by atoms with Crippen LogP contribution in [0.5, 0.6) is 0 Å². The lowest BCUT2D eigenvalue weighted by atomic mass is 9.96. The van der Waals surface area contributed by atoms with Gasteiger partial charge in [-0.15, -0.1) is 0 Å². The molecule has 13 heavy (non-hydrogen) atoms. The summed E-state index contributed by atoms with van der Waals surface area (Å²) >= 11 is 0. The van der Waals surface area contributed by atoms with Crippen LogP contribution in [0.1, 0.15) is 24.8 Å². The van der Waals surface area contributed by atoms with Gasteiger partial charge in [0.25, 0.3) is 0 Å². The second kappa shape index (κ2) is 5.31. The van der Waals surface area contributed by atoms with Gasteiger partial charge >= 0.3 is 0 Å². The van der Waals surface area contributed by atoms with E-state index in [-0.39, 0.29) is 0 Å². The van der Waals surface area contributed by atoms with Crippen LogP contribution in [0, 0.1) is 5.41 Å². The Balaban J connectivity index is 2.81. The molecule has 1 heteroatoms. The lowest BCUT2D eigenvalue weighted by Crippen LogP contribution is -1.94. The molecule has 0 saturated heterocycles. The van der Waals surface area contributed by atoms with E-state index in [0.717, 1.165) is 6.42 Å². The van der Waals surface area contributed by atoms with E-state index in [0.29, 0.717) is 5.92 Å². The monoisotopic (exact) mass is 173 g/mol. The predicted molar refractivity (Wildman–Crippen MR) is 57.4 cm³/mol. The normalized spacial score (nSPS) is 13.0. The summed E-state index contributed by atoms with van der Waals surface area (Å²) in [6.45, 7) is 2.01. The predicted octanol–water partition coefficient (Wildman–Crippen LogP) is 3.39. The van der Waals surface area contributed by atoms with Crippen molar-refractivity contribution in [2.75, 3.05) is 0 Å². The largest absolute Gasteiger partial charge is 0.313 e. The van der Waals surface area contributed by atoms with Crippen molar-refractivity contribution in [3.8, 4) is 0 Å². The van der Waals surface area contributed by atoms with Crippen molar-refractivity contribution in [1.82, 2.24) is 0 Å². The first-order valence-electron chi connectivity index (χ1n) is 4.55. The Morgan fingerprint density at radius 3 is 2.54 bits per heavy atom. The maximum absolute atomic E-state index is 7.10. The molecule has 1 aromatic carbocycles. The Bertz CT molecular complexity index is 274. The van der Waals surface area contributed by atoms with Gasteiger partial charge in [-0.3, -0.25) is 0 Å². The molecule has 68 valence electrons. The topological polar surface area (TPSA) is 23.9 Å². The van der Waals surface area contributed by atoms with E-state index >= 15 is 0 Å². The Morgan fingerprint density at radius 1 is 1.31 bits per heavy atom. The minimum atomic E-state index is 0.365. The highest BCUT2D eigenvalue weighted by molar-refractivity contribution is 5.55. The third-order valence-corrected chi connectivity index (χ3v) is 2.02. The number of hydrogen-bond donors (Lipinski definition) is 1. The van der Waals surface area contributed by atoms with E-state index in [1.165, 1.54) is 11.8 Å². The van der Waals surface area contributed by atoms with Gasteiger partial charge in [-0.05, 0) is 25.1 Å². The van der Waals surface area contributed by atoms with Crippen molar-refractivity contribution in [3.63, 3.8) is 0 Å². The zero-order valence-electron chi connectivity index (χ0n) is 7.90. The van der Waals surface area contributed by atoms with Crippen LogP contribution in [0.25, 0.3) is 0 Å². The van der Waals surface area contributed by atoms with E-state index in [1.54, 1.807) is 0 Å². The van der Waals surface area contributed by atoms with E-state index < -0.39 is 0 Å². The van der Waals surface area contributed by atoms with Crippen LogP contribution < -0.4 is 0 Å². The SMILES string of the molecule is CC=CC(CC=N)c1ccccc1. The van der Waals surface area contributed by atoms with Crippen molar-refractivity contribution in [1.29, 1.82) is 5.41 Å². The van der Waals surface area contributed by atoms with Gasteiger partial charge in [0.05, 0.1) is 0 Å². The molecule has 0 bridgehead atoms. The zero-order valence-corrected chi connectivity index (χ0v) is 7.90. The van der Waals surface area contributed by atoms with Gasteiger partial charge in [-0.25, -0.2) is 0 Å². The Kier molecular flexibility index (Phi) is 3.97. The summed E-state index contributed by atoms with van der Waals surface area (Å²) in [5, 5.41) is 7.10. The highest BCUT2D eigenvalue weighted by Crippen LogP contribution is 2.19. The van der Waals surface area contributed by atoms with Crippen molar-refractivity contribution >= 4 is 6.21 Å². The number of nitrogens with one attached hydrogen (secondary N) is 1. The second-order valence-corrected chi connectivity index (χ2v) is 2.98. The first-order valence-corrected chi connectivity index (χ1v) is 4.55. The van der Waals surface area contributed by atoms with Crippen LogP contribution in [-0.4, -0.2) is 6.21 Å². The lowest BCUT2D eigenvalue weighted by molar-refractivity contribution is 0.898. The van der Waals surface area contributed by atoms with Crippen molar-refractivity contribution in [2.45, 2.75) is 19.3 Å². The minimum absolute atomic E-state index is 0.365. The molecule has 1 aromatic rings. The number of allylic oxidation sites excluding steroid dienone is 2. The summed E-state index contributed by atoms with van der Waals surface area (Å²) in [5.74, 6) is 0.365. The third kappa shape index (κ3) is 2.86. The average molecular weight is 173 g/mol. The molecular weight excluding hydrogens is 158 g/mol. The molecule has 1 N–H and O–H groups in total. The highest BCUT2D eigenvalue weighted by atomic mass is 14.3. The summed E-state index contributed by atoms with van der Waals surface area (Å²) in [6, 6.07) is 10.3. The van der Waals surface area contributed by atoms with Gasteiger partial charge in [0.2, 0.25) is 0 Å². The van der Waals surface area contributed by atoms with Crippen LogP contribution in [-0.2, 0) is 0 Å². The Morgan fingerprint density at radius 2 is 2.00 bits per heavy atom. The number of benzene rings is 1. The standard InChI is InChI=1S/C12H15N/c1-2-6-11(9-10-13)12-7-4-3-5-8-12/h2-8,10-11,13H,9H2,1H3.